The van der Waals surface area contributed by atoms with E-state index in [-0.39, 0.29) is 16.2 Å². The van der Waals surface area contributed by atoms with Crippen molar-refractivity contribution in [2.75, 3.05) is 13.2 Å². The van der Waals surface area contributed by atoms with Crippen LogP contribution in [0.2, 0.25) is 0 Å². The van der Waals surface area contributed by atoms with Gasteiger partial charge in [0.05, 0.1) is 10.5 Å². The van der Waals surface area contributed by atoms with Gasteiger partial charge in [0.15, 0.2) is 12.4 Å². The first-order valence-corrected chi connectivity index (χ1v) is 10.2. The largest absolute Gasteiger partial charge is 0.456 e. The standard InChI is InChI=1S/C20H18N2O5S/c21-11-17-4-1-2-7-19(17)28(25,26)22-12-20(24)27-13-18(23)16-9-8-14-5-3-6-15(14)10-16/h1-2,4,7-10,22H,3,5-6,12-13H2. The smallest absolute Gasteiger partial charge is 0.321 e. The molecular weight excluding hydrogens is 380 g/mol. The summed E-state index contributed by atoms with van der Waals surface area (Å²) in [5, 5.41) is 9.00. The third kappa shape index (κ3) is 4.44. The highest BCUT2D eigenvalue weighted by Gasteiger charge is 2.20. The fraction of sp³-hybridized carbons (Fsp3) is 0.250. The van der Waals surface area contributed by atoms with Gasteiger partial charge in [-0.05, 0) is 48.6 Å². The minimum atomic E-state index is -4.05. The predicted molar refractivity (Wildman–Crippen MR) is 100 cm³/mol. The van der Waals surface area contributed by atoms with Gasteiger partial charge in [-0.25, -0.2) is 8.42 Å². The van der Waals surface area contributed by atoms with Crippen molar-refractivity contribution < 1.29 is 22.7 Å². The lowest BCUT2D eigenvalue weighted by atomic mass is 10.0. The molecule has 1 aliphatic carbocycles. The summed E-state index contributed by atoms with van der Waals surface area (Å²) in [5.74, 6) is -1.23. The van der Waals surface area contributed by atoms with E-state index in [0.29, 0.717) is 5.56 Å². The van der Waals surface area contributed by atoms with E-state index in [0.717, 1.165) is 24.8 Å². The molecule has 2 aromatic carbocycles. The SMILES string of the molecule is N#Cc1ccccc1S(=O)(=O)NCC(=O)OCC(=O)c1ccc2c(c1)CCC2. The minimum absolute atomic E-state index is 0.0323. The third-order valence-corrected chi connectivity index (χ3v) is 5.95. The van der Waals surface area contributed by atoms with Crippen LogP contribution >= 0.6 is 0 Å². The van der Waals surface area contributed by atoms with Gasteiger partial charge in [0, 0.05) is 5.56 Å². The van der Waals surface area contributed by atoms with E-state index in [9.17, 15) is 18.0 Å². The molecule has 1 aliphatic rings. The van der Waals surface area contributed by atoms with Crippen LogP contribution in [-0.2, 0) is 32.4 Å². The zero-order chi connectivity index (χ0) is 20.1. The molecule has 7 nitrogen and oxygen atoms in total. The molecule has 8 heteroatoms. The van der Waals surface area contributed by atoms with E-state index in [4.69, 9.17) is 10.00 Å². The number of rotatable bonds is 7. The molecule has 28 heavy (non-hydrogen) atoms. The van der Waals surface area contributed by atoms with Crippen molar-refractivity contribution in [2.24, 2.45) is 0 Å². The van der Waals surface area contributed by atoms with Crippen molar-refractivity contribution in [1.29, 1.82) is 5.26 Å². The van der Waals surface area contributed by atoms with Gasteiger partial charge >= 0.3 is 5.97 Å². The van der Waals surface area contributed by atoms with Crippen LogP contribution < -0.4 is 4.72 Å². The Morgan fingerprint density at radius 3 is 2.64 bits per heavy atom. The van der Waals surface area contributed by atoms with E-state index in [1.165, 1.54) is 29.8 Å². The Morgan fingerprint density at radius 1 is 1.11 bits per heavy atom. The third-order valence-electron chi connectivity index (χ3n) is 4.49. The summed E-state index contributed by atoms with van der Waals surface area (Å²) in [6, 6.07) is 12.9. The molecule has 0 aliphatic heterocycles. The van der Waals surface area contributed by atoms with Crippen LogP contribution in [0.15, 0.2) is 47.4 Å². The van der Waals surface area contributed by atoms with Crippen molar-refractivity contribution in [3.63, 3.8) is 0 Å². The molecule has 3 rings (SSSR count). The minimum Gasteiger partial charge on any atom is -0.456 e. The maximum Gasteiger partial charge on any atom is 0.321 e. The highest BCUT2D eigenvalue weighted by Crippen LogP contribution is 2.23. The van der Waals surface area contributed by atoms with Crippen LogP contribution in [0.3, 0.4) is 0 Å². The average molecular weight is 398 g/mol. The van der Waals surface area contributed by atoms with Gasteiger partial charge in [-0.1, -0.05) is 24.3 Å². The number of carbonyl (C=O) groups is 2. The lowest BCUT2D eigenvalue weighted by Crippen LogP contribution is -2.32. The molecule has 0 saturated heterocycles. The molecule has 1 N–H and O–H groups in total. The van der Waals surface area contributed by atoms with E-state index < -0.39 is 29.1 Å². The summed E-state index contributed by atoms with van der Waals surface area (Å²) in [5.41, 5.74) is 2.81. The second-order valence-corrected chi connectivity index (χ2v) is 8.09. The summed E-state index contributed by atoms with van der Waals surface area (Å²) in [6.45, 7) is -1.10. The summed E-state index contributed by atoms with van der Waals surface area (Å²) >= 11 is 0. The summed E-state index contributed by atoms with van der Waals surface area (Å²) in [4.78, 5) is 23.8. The number of fused-ring (bicyclic) bond motifs is 1. The second-order valence-electron chi connectivity index (χ2n) is 6.35. The van der Waals surface area contributed by atoms with Crippen molar-refractivity contribution in [1.82, 2.24) is 4.72 Å². The molecular formula is C20H18N2O5S. The van der Waals surface area contributed by atoms with Crippen LogP contribution in [0.25, 0.3) is 0 Å². The zero-order valence-corrected chi connectivity index (χ0v) is 15.8. The molecule has 144 valence electrons. The summed E-state index contributed by atoms with van der Waals surface area (Å²) in [6.07, 6.45) is 3.01. The lowest BCUT2D eigenvalue weighted by molar-refractivity contribution is -0.141. The van der Waals surface area contributed by atoms with Crippen molar-refractivity contribution >= 4 is 21.8 Å². The molecule has 0 bridgehead atoms. The van der Waals surface area contributed by atoms with Crippen molar-refractivity contribution in [3.05, 3.63) is 64.7 Å². The predicted octanol–water partition coefficient (Wildman–Crippen LogP) is 1.75. The topological polar surface area (TPSA) is 113 Å². The van der Waals surface area contributed by atoms with Crippen LogP contribution in [-0.4, -0.2) is 33.3 Å². The quantitative estimate of drug-likeness (QED) is 0.561. The van der Waals surface area contributed by atoms with Gasteiger partial charge in [0.1, 0.15) is 12.6 Å². The number of ether oxygens (including phenoxy) is 1. The highest BCUT2D eigenvalue weighted by atomic mass is 32.2. The van der Waals surface area contributed by atoms with Gasteiger partial charge in [0.25, 0.3) is 0 Å². The molecule has 0 heterocycles. The van der Waals surface area contributed by atoms with E-state index in [2.05, 4.69) is 4.72 Å². The maximum absolute atomic E-state index is 12.2. The molecule has 0 atom stereocenters. The Hall–Kier alpha value is -3.02. The summed E-state index contributed by atoms with van der Waals surface area (Å²) < 4.78 is 31.5. The lowest BCUT2D eigenvalue weighted by Gasteiger charge is -2.09. The Labute approximate surface area is 163 Å². The molecule has 0 aromatic heterocycles. The van der Waals surface area contributed by atoms with Crippen LogP contribution in [0.4, 0.5) is 0 Å². The van der Waals surface area contributed by atoms with Crippen molar-refractivity contribution in [3.8, 4) is 6.07 Å². The molecule has 0 radical (unpaired) electrons. The molecule has 0 amide bonds. The Bertz CT molecular complexity index is 1070. The van der Waals surface area contributed by atoms with E-state index in [1.807, 2.05) is 12.1 Å². The number of ketones is 1. The Morgan fingerprint density at radius 2 is 1.86 bits per heavy atom. The number of benzene rings is 2. The number of nitrogens with zero attached hydrogens (tertiary/aromatic N) is 1. The fourth-order valence-corrected chi connectivity index (χ4v) is 4.18. The molecule has 0 spiro atoms. The first-order valence-electron chi connectivity index (χ1n) is 8.70. The molecule has 0 fully saturated rings. The molecule has 2 aromatic rings. The average Bonchev–Trinajstić information content (AvgIpc) is 3.18. The zero-order valence-electron chi connectivity index (χ0n) is 15.0. The van der Waals surface area contributed by atoms with Gasteiger partial charge in [-0.3, -0.25) is 9.59 Å². The molecule has 0 saturated carbocycles. The number of hydrogen-bond donors (Lipinski definition) is 1. The van der Waals surface area contributed by atoms with E-state index >= 15 is 0 Å². The fourth-order valence-electron chi connectivity index (χ4n) is 3.05. The van der Waals surface area contributed by atoms with Crippen molar-refractivity contribution in [2.45, 2.75) is 24.2 Å². The number of nitrogens with one attached hydrogen (secondary N) is 1. The first-order chi connectivity index (χ1) is 13.4. The van der Waals surface area contributed by atoms with Gasteiger partial charge in [-0.15, -0.1) is 0 Å². The number of nitriles is 1. The monoisotopic (exact) mass is 398 g/mol. The van der Waals surface area contributed by atoms with Gasteiger partial charge < -0.3 is 4.74 Å². The Kier molecular flexibility index (Phi) is 5.87. The normalized spacial score (nSPS) is 12.8. The highest BCUT2D eigenvalue weighted by molar-refractivity contribution is 7.89. The second kappa shape index (κ2) is 8.33. The van der Waals surface area contributed by atoms with E-state index in [1.54, 1.807) is 12.1 Å². The van der Waals surface area contributed by atoms with Gasteiger partial charge in [0.2, 0.25) is 10.0 Å². The van der Waals surface area contributed by atoms with Crippen LogP contribution in [0.1, 0.15) is 33.5 Å². The van der Waals surface area contributed by atoms with Crippen LogP contribution in [0, 0.1) is 11.3 Å². The van der Waals surface area contributed by atoms with Gasteiger partial charge in [-0.2, -0.15) is 9.98 Å². The number of hydrogen-bond acceptors (Lipinski definition) is 6. The number of Topliss-reactive ketones (excluding diaryl/α,β-unsaturated/α-hetero) is 1. The Balaban J connectivity index is 1.54. The number of aryl methyl sites for hydroxylation is 2. The number of sulfonamides is 1. The number of esters is 1. The molecule has 0 unspecified atom stereocenters. The van der Waals surface area contributed by atoms with Crippen LogP contribution in [0.5, 0.6) is 0 Å². The first kappa shape index (κ1) is 19.7. The number of carbonyl (C=O) groups excluding carboxylic acids is 2. The summed E-state index contributed by atoms with van der Waals surface area (Å²) in [7, 11) is -4.05. The maximum atomic E-state index is 12.2.